The quantitative estimate of drug-likeness (QED) is 0.682. The third-order valence-corrected chi connectivity index (χ3v) is 3.05. The number of aromatic nitrogens is 3. The Bertz CT molecular complexity index is 676. The largest absolute Gasteiger partial charge is 0.293 e. The van der Waals surface area contributed by atoms with Crippen molar-refractivity contribution in [1.29, 1.82) is 0 Å². The van der Waals surface area contributed by atoms with Crippen LogP contribution in [0.3, 0.4) is 0 Å². The molecule has 1 aromatic heterocycles. The molecular formula is C16H13N3O. The van der Waals surface area contributed by atoms with Crippen LogP contribution in [0, 0.1) is 0 Å². The summed E-state index contributed by atoms with van der Waals surface area (Å²) in [5.41, 5.74) is 2.83. The van der Waals surface area contributed by atoms with Crippen molar-refractivity contribution in [3.63, 3.8) is 0 Å². The second-order valence-electron chi connectivity index (χ2n) is 4.46. The summed E-state index contributed by atoms with van der Waals surface area (Å²) in [5, 5.41) is 8.31. The van der Waals surface area contributed by atoms with Crippen molar-refractivity contribution in [2.45, 2.75) is 6.92 Å². The minimum Gasteiger partial charge on any atom is -0.293 e. The average molecular weight is 263 g/mol. The van der Waals surface area contributed by atoms with Crippen LogP contribution in [-0.4, -0.2) is 20.8 Å². The Morgan fingerprint density at radius 2 is 1.55 bits per heavy atom. The van der Waals surface area contributed by atoms with Gasteiger partial charge in [-0.25, -0.2) is 4.68 Å². The molecule has 1 heterocycles. The van der Waals surface area contributed by atoms with Crippen LogP contribution in [0.4, 0.5) is 0 Å². The van der Waals surface area contributed by atoms with Gasteiger partial charge in [0.05, 0.1) is 5.69 Å². The van der Waals surface area contributed by atoms with Crippen molar-refractivity contribution >= 4 is 5.78 Å². The van der Waals surface area contributed by atoms with Crippen LogP contribution >= 0.6 is 0 Å². The van der Waals surface area contributed by atoms with E-state index >= 15 is 0 Å². The molecule has 98 valence electrons. The highest BCUT2D eigenvalue weighted by molar-refractivity contribution is 5.98. The third-order valence-electron chi connectivity index (χ3n) is 3.05. The predicted octanol–water partition coefficient (Wildman–Crippen LogP) is 3.14. The lowest BCUT2D eigenvalue weighted by Crippen LogP contribution is -2.06. The zero-order chi connectivity index (χ0) is 13.9. The van der Waals surface area contributed by atoms with Crippen LogP contribution in [0.1, 0.15) is 17.4 Å². The molecule has 0 saturated carbocycles. The van der Waals surface area contributed by atoms with E-state index in [9.17, 15) is 4.79 Å². The van der Waals surface area contributed by atoms with Gasteiger partial charge in [-0.3, -0.25) is 4.79 Å². The molecule has 0 radical (unpaired) electrons. The van der Waals surface area contributed by atoms with Crippen molar-refractivity contribution in [2.75, 3.05) is 0 Å². The SMILES string of the molecule is CC(=O)c1c(-c2ccccc2)nnn1-c1ccccc1. The molecule has 0 N–H and O–H groups in total. The summed E-state index contributed by atoms with van der Waals surface area (Å²) in [5.74, 6) is -0.0577. The maximum absolute atomic E-state index is 12.0. The number of rotatable bonds is 3. The highest BCUT2D eigenvalue weighted by atomic mass is 16.1. The Labute approximate surface area is 116 Å². The molecule has 0 atom stereocenters. The van der Waals surface area contributed by atoms with Crippen molar-refractivity contribution < 1.29 is 4.79 Å². The van der Waals surface area contributed by atoms with Gasteiger partial charge in [-0.15, -0.1) is 5.10 Å². The lowest BCUT2D eigenvalue weighted by Gasteiger charge is -2.05. The smallest absolute Gasteiger partial charge is 0.180 e. The first-order chi connectivity index (χ1) is 9.77. The summed E-state index contributed by atoms with van der Waals surface area (Å²) in [6.45, 7) is 1.53. The Morgan fingerprint density at radius 1 is 0.950 bits per heavy atom. The Hall–Kier alpha value is -2.75. The fourth-order valence-electron chi connectivity index (χ4n) is 2.14. The fraction of sp³-hybridized carbons (Fsp3) is 0.0625. The van der Waals surface area contributed by atoms with Crippen LogP contribution in [-0.2, 0) is 0 Å². The molecule has 0 aliphatic carbocycles. The number of hydrogen-bond donors (Lipinski definition) is 0. The molecule has 3 aromatic rings. The van der Waals surface area contributed by atoms with Gasteiger partial charge in [-0.2, -0.15) is 0 Å². The molecule has 0 aliphatic heterocycles. The van der Waals surface area contributed by atoms with E-state index < -0.39 is 0 Å². The highest BCUT2D eigenvalue weighted by Gasteiger charge is 2.19. The van der Waals surface area contributed by atoms with E-state index in [1.54, 1.807) is 4.68 Å². The van der Waals surface area contributed by atoms with E-state index in [0.717, 1.165) is 11.3 Å². The Kier molecular flexibility index (Phi) is 3.13. The monoisotopic (exact) mass is 263 g/mol. The highest BCUT2D eigenvalue weighted by Crippen LogP contribution is 2.23. The lowest BCUT2D eigenvalue weighted by atomic mass is 10.1. The van der Waals surface area contributed by atoms with E-state index in [0.29, 0.717) is 11.4 Å². The molecule has 0 spiro atoms. The molecule has 0 saturated heterocycles. The number of carbonyl (C=O) groups excluding carboxylic acids is 1. The number of carbonyl (C=O) groups is 1. The molecule has 3 rings (SSSR count). The number of hydrogen-bond acceptors (Lipinski definition) is 3. The number of Topliss-reactive ketones (excluding diaryl/α,β-unsaturated/α-hetero) is 1. The zero-order valence-corrected chi connectivity index (χ0v) is 11.0. The van der Waals surface area contributed by atoms with Crippen molar-refractivity contribution in [2.24, 2.45) is 0 Å². The predicted molar refractivity (Wildman–Crippen MR) is 76.8 cm³/mol. The molecular weight excluding hydrogens is 250 g/mol. The third kappa shape index (κ3) is 2.12. The second-order valence-corrected chi connectivity index (χ2v) is 4.46. The maximum Gasteiger partial charge on any atom is 0.180 e. The topological polar surface area (TPSA) is 47.8 Å². The van der Waals surface area contributed by atoms with Gasteiger partial charge >= 0.3 is 0 Å². The molecule has 0 amide bonds. The minimum atomic E-state index is -0.0577. The van der Waals surface area contributed by atoms with Gasteiger partial charge in [0, 0.05) is 12.5 Å². The molecule has 0 fully saturated rings. The van der Waals surface area contributed by atoms with Crippen molar-refractivity contribution in [3.05, 3.63) is 66.4 Å². The first-order valence-corrected chi connectivity index (χ1v) is 6.35. The normalized spacial score (nSPS) is 10.4. The summed E-state index contributed by atoms with van der Waals surface area (Å²) < 4.78 is 1.59. The van der Waals surface area contributed by atoms with Crippen molar-refractivity contribution in [3.8, 4) is 16.9 Å². The van der Waals surface area contributed by atoms with E-state index in [2.05, 4.69) is 10.3 Å². The van der Waals surface area contributed by atoms with E-state index in [1.165, 1.54) is 6.92 Å². The molecule has 0 bridgehead atoms. The molecule has 4 nitrogen and oxygen atoms in total. The van der Waals surface area contributed by atoms with Gasteiger partial charge in [0.25, 0.3) is 0 Å². The van der Waals surface area contributed by atoms with Gasteiger partial charge < -0.3 is 0 Å². The number of benzene rings is 2. The Morgan fingerprint density at radius 3 is 2.15 bits per heavy atom. The van der Waals surface area contributed by atoms with Crippen LogP contribution in [0.15, 0.2) is 60.7 Å². The first-order valence-electron chi connectivity index (χ1n) is 6.35. The van der Waals surface area contributed by atoms with Crippen LogP contribution in [0.25, 0.3) is 16.9 Å². The number of ketones is 1. The standard InChI is InChI=1S/C16H13N3O/c1-12(20)16-15(13-8-4-2-5-9-13)17-18-19(16)14-10-6-3-7-11-14/h2-11H,1H3. The van der Waals surface area contributed by atoms with Gasteiger partial charge in [-0.1, -0.05) is 53.7 Å². The zero-order valence-electron chi connectivity index (χ0n) is 11.0. The minimum absolute atomic E-state index is 0.0577. The maximum atomic E-state index is 12.0. The summed E-state index contributed by atoms with van der Waals surface area (Å²) >= 11 is 0. The second kappa shape index (κ2) is 5.09. The van der Waals surface area contributed by atoms with E-state index in [1.807, 2.05) is 60.7 Å². The van der Waals surface area contributed by atoms with Gasteiger partial charge in [0.15, 0.2) is 5.78 Å². The molecule has 20 heavy (non-hydrogen) atoms. The van der Waals surface area contributed by atoms with Gasteiger partial charge in [0.1, 0.15) is 11.4 Å². The molecule has 0 unspecified atom stereocenters. The molecule has 4 heteroatoms. The van der Waals surface area contributed by atoms with Crippen LogP contribution in [0.5, 0.6) is 0 Å². The summed E-state index contributed by atoms with van der Waals surface area (Å²) in [4.78, 5) is 12.0. The summed E-state index contributed by atoms with van der Waals surface area (Å²) in [6.07, 6.45) is 0. The fourth-order valence-corrected chi connectivity index (χ4v) is 2.14. The number of para-hydroxylation sites is 1. The molecule has 0 aliphatic rings. The van der Waals surface area contributed by atoms with Crippen molar-refractivity contribution in [1.82, 2.24) is 15.0 Å². The lowest BCUT2D eigenvalue weighted by molar-refractivity contribution is 0.101. The van der Waals surface area contributed by atoms with Gasteiger partial charge in [-0.05, 0) is 12.1 Å². The first kappa shape index (κ1) is 12.3. The van der Waals surface area contributed by atoms with E-state index in [4.69, 9.17) is 0 Å². The summed E-state index contributed by atoms with van der Waals surface area (Å²) in [6, 6.07) is 19.1. The number of nitrogens with zero attached hydrogens (tertiary/aromatic N) is 3. The van der Waals surface area contributed by atoms with Gasteiger partial charge in [0.2, 0.25) is 0 Å². The van der Waals surface area contributed by atoms with Crippen LogP contribution < -0.4 is 0 Å². The van der Waals surface area contributed by atoms with Crippen LogP contribution in [0.2, 0.25) is 0 Å². The molecule has 2 aromatic carbocycles. The Balaban J connectivity index is 2.20. The van der Waals surface area contributed by atoms with E-state index in [-0.39, 0.29) is 5.78 Å². The average Bonchev–Trinajstić information content (AvgIpc) is 2.94. The summed E-state index contributed by atoms with van der Waals surface area (Å²) in [7, 11) is 0.